The quantitative estimate of drug-likeness (QED) is 0.588. The summed E-state index contributed by atoms with van der Waals surface area (Å²) in [6.07, 6.45) is -1.27. The molecule has 2 fully saturated rings. The summed E-state index contributed by atoms with van der Waals surface area (Å²) < 4.78 is 81.6. The van der Waals surface area contributed by atoms with E-state index in [9.17, 15) is 26.0 Å². The Morgan fingerprint density at radius 3 is 2.15 bits per heavy atom. The first kappa shape index (κ1) is 23.8. The molecular weight excluding hydrogens is 458 g/mol. The molecule has 0 aliphatic carbocycles. The van der Waals surface area contributed by atoms with Crippen molar-refractivity contribution in [2.45, 2.75) is 43.3 Å². The van der Waals surface area contributed by atoms with Gasteiger partial charge in [-0.2, -0.15) is 17.5 Å². The minimum absolute atomic E-state index is 0.0338. The van der Waals surface area contributed by atoms with Crippen LogP contribution in [0.15, 0.2) is 47.4 Å². The highest BCUT2D eigenvalue weighted by Crippen LogP contribution is 2.38. The molecule has 2 saturated heterocycles. The van der Waals surface area contributed by atoms with E-state index in [1.54, 1.807) is 19.1 Å². The van der Waals surface area contributed by atoms with Crippen LogP contribution in [0.1, 0.15) is 31.7 Å². The van der Waals surface area contributed by atoms with Crippen LogP contribution in [0, 0.1) is 5.82 Å². The largest absolute Gasteiger partial charge is 0.418 e. The van der Waals surface area contributed by atoms with Crippen molar-refractivity contribution in [2.24, 2.45) is 0 Å². The fourth-order valence-electron chi connectivity index (χ4n) is 4.64. The van der Waals surface area contributed by atoms with E-state index in [4.69, 9.17) is 0 Å². The van der Waals surface area contributed by atoms with E-state index in [1.165, 1.54) is 15.6 Å². The second kappa shape index (κ2) is 9.13. The maximum atomic E-state index is 13.5. The summed E-state index contributed by atoms with van der Waals surface area (Å²) in [5.74, 6) is -0.965. The summed E-state index contributed by atoms with van der Waals surface area (Å²) in [6.45, 7) is 3.75. The number of anilines is 2. The van der Waals surface area contributed by atoms with Crippen molar-refractivity contribution < 1.29 is 26.0 Å². The maximum Gasteiger partial charge on any atom is 0.418 e. The monoisotopic (exact) mass is 485 g/mol. The topological polar surface area (TPSA) is 43.9 Å². The van der Waals surface area contributed by atoms with Crippen molar-refractivity contribution >= 4 is 21.4 Å². The molecule has 2 aliphatic rings. The van der Waals surface area contributed by atoms with Crippen LogP contribution < -0.4 is 9.80 Å². The number of hydrogen-bond acceptors (Lipinski definition) is 4. The van der Waals surface area contributed by atoms with E-state index >= 15 is 0 Å². The Hall–Kier alpha value is -2.33. The number of piperazine rings is 1. The molecule has 1 atom stereocenters. The van der Waals surface area contributed by atoms with E-state index in [2.05, 4.69) is 4.90 Å². The summed E-state index contributed by atoms with van der Waals surface area (Å²) in [4.78, 5) is 3.88. The predicted molar refractivity (Wildman–Crippen MR) is 119 cm³/mol. The number of rotatable bonds is 4. The molecule has 0 spiro atoms. The molecule has 4 rings (SSSR count). The lowest BCUT2D eigenvalue weighted by atomic mass is 10.1. The number of nitrogens with zero attached hydrogens (tertiary/aromatic N) is 3. The SMILES string of the molecule is C[C@@H]1CN(c2ccc(F)cc2C(F)(F)F)CCN1S(=O)(=O)c1ccc(N2CCCCC2)cc1. The molecule has 0 saturated carbocycles. The molecule has 0 aromatic heterocycles. The van der Waals surface area contributed by atoms with Gasteiger partial charge in [0.25, 0.3) is 0 Å². The molecule has 2 heterocycles. The summed E-state index contributed by atoms with van der Waals surface area (Å²) in [5, 5.41) is 0. The van der Waals surface area contributed by atoms with E-state index in [1.807, 2.05) is 12.1 Å². The zero-order chi connectivity index (χ0) is 23.8. The Morgan fingerprint density at radius 2 is 1.55 bits per heavy atom. The van der Waals surface area contributed by atoms with E-state index in [0.29, 0.717) is 6.07 Å². The van der Waals surface area contributed by atoms with Gasteiger partial charge in [-0.25, -0.2) is 12.8 Å². The van der Waals surface area contributed by atoms with Crippen molar-refractivity contribution in [3.8, 4) is 0 Å². The van der Waals surface area contributed by atoms with Crippen LogP contribution in [0.5, 0.6) is 0 Å². The van der Waals surface area contributed by atoms with Crippen molar-refractivity contribution in [1.82, 2.24) is 4.31 Å². The third-order valence-corrected chi connectivity index (χ3v) is 8.36. The van der Waals surface area contributed by atoms with Crippen molar-refractivity contribution in [1.29, 1.82) is 0 Å². The summed E-state index contributed by atoms with van der Waals surface area (Å²) >= 11 is 0. The Morgan fingerprint density at radius 1 is 0.879 bits per heavy atom. The molecule has 0 radical (unpaired) electrons. The molecule has 0 N–H and O–H groups in total. The Balaban J connectivity index is 1.51. The molecule has 0 bridgehead atoms. The third-order valence-electron chi connectivity index (χ3n) is 6.34. The lowest BCUT2D eigenvalue weighted by molar-refractivity contribution is -0.137. The van der Waals surface area contributed by atoms with Crippen LogP contribution >= 0.6 is 0 Å². The van der Waals surface area contributed by atoms with Crippen molar-refractivity contribution in [3.63, 3.8) is 0 Å². The van der Waals surface area contributed by atoms with Gasteiger partial charge >= 0.3 is 6.18 Å². The minimum Gasteiger partial charge on any atom is -0.372 e. The van der Waals surface area contributed by atoms with Crippen LogP contribution in [-0.2, 0) is 16.2 Å². The van der Waals surface area contributed by atoms with Crippen LogP contribution in [0.4, 0.5) is 28.9 Å². The number of piperidine rings is 1. The molecule has 2 aromatic rings. The maximum absolute atomic E-state index is 13.5. The van der Waals surface area contributed by atoms with E-state index in [-0.39, 0.29) is 30.2 Å². The van der Waals surface area contributed by atoms with Gasteiger partial charge in [0.05, 0.1) is 10.5 Å². The van der Waals surface area contributed by atoms with Gasteiger partial charge in [0.2, 0.25) is 10.0 Å². The zero-order valence-electron chi connectivity index (χ0n) is 18.4. The smallest absolute Gasteiger partial charge is 0.372 e. The molecule has 10 heteroatoms. The first-order chi connectivity index (χ1) is 15.6. The summed E-state index contributed by atoms with van der Waals surface area (Å²) in [6, 6.07) is 8.83. The van der Waals surface area contributed by atoms with Crippen molar-refractivity contribution in [3.05, 3.63) is 53.8 Å². The van der Waals surface area contributed by atoms with Gasteiger partial charge in [0.1, 0.15) is 5.82 Å². The number of sulfonamides is 1. The zero-order valence-corrected chi connectivity index (χ0v) is 19.2. The summed E-state index contributed by atoms with van der Waals surface area (Å²) in [7, 11) is -3.80. The average molecular weight is 486 g/mol. The van der Waals surface area contributed by atoms with Crippen LogP contribution in [0.2, 0.25) is 0 Å². The number of alkyl halides is 3. The Kier molecular flexibility index (Phi) is 6.59. The van der Waals surface area contributed by atoms with Gasteiger partial charge in [-0.15, -0.1) is 0 Å². The van der Waals surface area contributed by atoms with Crippen LogP contribution in [0.3, 0.4) is 0 Å². The second-order valence-electron chi connectivity index (χ2n) is 8.61. The molecule has 2 aromatic carbocycles. The summed E-state index contributed by atoms with van der Waals surface area (Å²) in [5.41, 5.74) is -0.208. The van der Waals surface area contributed by atoms with Gasteiger partial charge in [-0.05, 0) is 68.7 Å². The molecule has 5 nitrogen and oxygen atoms in total. The fraction of sp³-hybridized carbons (Fsp3) is 0.478. The van der Waals surface area contributed by atoms with Gasteiger partial charge in [-0.3, -0.25) is 0 Å². The number of halogens is 4. The average Bonchev–Trinajstić information content (AvgIpc) is 2.79. The van der Waals surface area contributed by atoms with Gasteiger partial charge in [-0.1, -0.05) is 0 Å². The van der Waals surface area contributed by atoms with Gasteiger partial charge < -0.3 is 9.80 Å². The second-order valence-corrected chi connectivity index (χ2v) is 10.5. The predicted octanol–water partition coefficient (Wildman–Crippen LogP) is 4.73. The number of hydrogen-bond donors (Lipinski definition) is 0. The van der Waals surface area contributed by atoms with Crippen LogP contribution in [-0.4, -0.2) is 51.5 Å². The fourth-order valence-corrected chi connectivity index (χ4v) is 6.26. The highest BCUT2D eigenvalue weighted by Gasteiger charge is 2.39. The highest BCUT2D eigenvalue weighted by atomic mass is 32.2. The standard InChI is InChI=1S/C23H27F4N3O2S/c1-17-16-29(22-10-5-18(24)15-21(22)23(25,26)27)13-14-30(17)33(31,32)20-8-6-19(7-9-20)28-11-3-2-4-12-28/h5-10,15,17H,2-4,11-14,16H2,1H3/t17-/m1/s1. The van der Waals surface area contributed by atoms with Gasteiger partial charge in [0.15, 0.2) is 0 Å². The normalized spacial score (nSPS) is 20.8. The molecule has 0 amide bonds. The molecule has 33 heavy (non-hydrogen) atoms. The minimum atomic E-state index is -4.71. The lowest BCUT2D eigenvalue weighted by Gasteiger charge is -2.40. The first-order valence-corrected chi connectivity index (χ1v) is 12.5. The molecule has 0 unspecified atom stereocenters. The number of benzene rings is 2. The highest BCUT2D eigenvalue weighted by molar-refractivity contribution is 7.89. The van der Waals surface area contributed by atoms with E-state index in [0.717, 1.165) is 43.8 Å². The molecule has 180 valence electrons. The Bertz CT molecular complexity index is 1080. The molecule has 2 aliphatic heterocycles. The van der Waals surface area contributed by atoms with Gasteiger partial charge in [0, 0.05) is 50.1 Å². The Labute approximate surface area is 191 Å². The third kappa shape index (κ3) is 4.96. The first-order valence-electron chi connectivity index (χ1n) is 11.1. The molecular formula is C23H27F4N3O2S. The van der Waals surface area contributed by atoms with Crippen LogP contribution in [0.25, 0.3) is 0 Å². The lowest BCUT2D eigenvalue weighted by Crippen LogP contribution is -2.54. The van der Waals surface area contributed by atoms with E-state index < -0.39 is 33.6 Å². The van der Waals surface area contributed by atoms with Crippen molar-refractivity contribution in [2.75, 3.05) is 42.5 Å².